The lowest BCUT2D eigenvalue weighted by atomic mass is 10.1. The number of hydrogen-bond donors (Lipinski definition) is 2. The number of β-amino-alcohol motifs (C(OH)–C–C–N with tert-alkyl or cyclic N) is 1. The van der Waals surface area contributed by atoms with Gasteiger partial charge in [0.05, 0.1) is 18.6 Å². The lowest BCUT2D eigenvalue weighted by molar-refractivity contribution is 0.0202. The summed E-state index contributed by atoms with van der Waals surface area (Å²) in [6.07, 6.45) is -5.16. The van der Waals surface area contributed by atoms with Gasteiger partial charge in [-0.3, -0.25) is 0 Å². The lowest BCUT2D eigenvalue weighted by Gasteiger charge is -2.10. The summed E-state index contributed by atoms with van der Waals surface area (Å²) in [7, 11) is 0. The number of halogens is 2. The predicted molar refractivity (Wildman–Crippen MR) is 35.1 cm³/mol. The van der Waals surface area contributed by atoms with Crippen LogP contribution >= 0.6 is 0 Å². The maximum Gasteiger partial charge on any atom is 0.407 e. The summed E-state index contributed by atoms with van der Waals surface area (Å²) in [5, 5.41) is 17.4. The van der Waals surface area contributed by atoms with Gasteiger partial charge in [-0.1, -0.05) is 0 Å². The summed E-state index contributed by atoms with van der Waals surface area (Å²) in [6, 6.07) is 0. The predicted octanol–water partition coefficient (Wildman–Crippen LogP) is 0.222. The largest absolute Gasteiger partial charge is 0.465 e. The van der Waals surface area contributed by atoms with Crippen molar-refractivity contribution >= 4 is 6.09 Å². The first-order valence-corrected chi connectivity index (χ1v) is 3.46. The number of carbonyl (C=O) groups is 1. The minimum atomic E-state index is -2.66. The molecule has 1 aliphatic rings. The van der Waals surface area contributed by atoms with Crippen molar-refractivity contribution in [2.75, 3.05) is 13.1 Å². The Labute approximate surface area is 67.4 Å². The minimum absolute atomic E-state index is 0.218. The molecule has 1 amide bonds. The molecule has 1 aliphatic heterocycles. The highest BCUT2D eigenvalue weighted by molar-refractivity contribution is 5.65. The molecule has 6 heteroatoms. The average molecular weight is 181 g/mol. The number of amides is 1. The Hall–Kier alpha value is -0.910. The highest BCUT2D eigenvalue weighted by Crippen LogP contribution is 2.23. The molecule has 0 aromatic heterocycles. The summed E-state index contributed by atoms with van der Waals surface area (Å²) < 4.78 is 24.1. The van der Waals surface area contributed by atoms with E-state index in [2.05, 4.69) is 0 Å². The fourth-order valence-electron chi connectivity index (χ4n) is 1.22. The van der Waals surface area contributed by atoms with Gasteiger partial charge in [-0.2, -0.15) is 0 Å². The zero-order chi connectivity index (χ0) is 9.30. The van der Waals surface area contributed by atoms with Crippen molar-refractivity contribution in [2.24, 2.45) is 5.92 Å². The van der Waals surface area contributed by atoms with Crippen LogP contribution in [0.1, 0.15) is 0 Å². The molecule has 1 saturated heterocycles. The number of rotatable bonds is 1. The van der Waals surface area contributed by atoms with Crippen LogP contribution in [0.2, 0.25) is 0 Å². The van der Waals surface area contributed by atoms with E-state index in [1.54, 1.807) is 0 Å². The van der Waals surface area contributed by atoms with Crippen molar-refractivity contribution < 1.29 is 23.8 Å². The van der Waals surface area contributed by atoms with Crippen LogP contribution in [0.15, 0.2) is 0 Å². The first kappa shape index (κ1) is 9.18. The maximum absolute atomic E-state index is 12.0. The van der Waals surface area contributed by atoms with Crippen molar-refractivity contribution in [1.82, 2.24) is 4.90 Å². The van der Waals surface area contributed by atoms with Crippen LogP contribution in [0, 0.1) is 5.92 Å². The van der Waals surface area contributed by atoms with Gasteiger partial charge in [0, 0.05) is 6.54 Å². The zero-order valence-corrected chi connectivity index (χ0v) is 6.15. The molecule has 2 atom stereocenters. The first-order chi connectivity index (χ1) is 5.52. The third-order valence-electron chi connectivity index (χ3n) is 1.93. The summed E-state index contributed by atoms with van der Waals surface area (Å²) >= 11 is 0. The number of aliphatic hydroxyl groups excluding tert-OH is 1. The van der Waals surface area contributed by atoms with E-state index < -0.39 is 24.5 Å². The van der Waals surface area contributed by atoms with Crippen LogP contribution < -0.4 is 0 Å². The lowest BCUT2D eigenvalue weighted by Crippen LogP contribution is -2.27. The number of carboxylic acid groups (broad SMARTS) is 1. The van der Waals surface area contributed by atoms with Crippen LogP contribution in [-0.4, -0.2) is 46.8 Å². The fourth-order valence-corrected chi connectivity index (χ4v) is 1.22. The Morgan fingerprint density at radius 3 is 2.33 bits per heavy atom. The quantitative estimate of drug-likeness (QED) is 0.608. The van der Waals surface area contributed by atoms with Crippen molar-refractivity contribution in [3.63, 3.8) is 0 Å². The molecule has 1 rings (SSSR count). The molecular weight excluding hydrogens is 172 g/mol. The molecule has 0 aromatic rings. The van der Waals surface area contributed by atoms with Crippen molar-refractivity contribution in [3.05, 3.63) is 0 Å². The van der Waals surface area contributed by atoms with Crippen LogP contribution in [0.5, 0.6) is 0 Å². The van der Waals surface area contributed by atoms with E-state index in [1.807, 2.05) is 0 Å². The number of alkyl halides is 2. The molecule has 0 bridgehead atoms. The molecule has 12 heavy (non-hydrogen) atoms. The number of likely N-dealkylation sites (tertiary alicyclic amines) is 1. The fraction of sp³-hybridized carbons (Fsp3) is 0.833. The molecule has 1 heterocycles. The second-order valence-electron chi connectivity index (χ2n) is 2.75. The molecule has 0 spiro atoms. The normalized spacial score (nSPS) is 29.8. The summed E-state index contributed by atoms with van der Waals surface area (Å²) in [5.74, 6) is -1.24. The summed E-state index contributed by atoms with van der Waals surface area (Å²) in [6.45, 7) is -0.501. The Morgan fingerprint density at radius 1 is 1.50 bits per heavy atom. The van der Waals surface area contributed by atoms with E-state index in [0.717, 1.165) is 4.90 Å². The van der Waals surface area contributed by atoms with Gasteiger partial charge in [0.25, 0.3) is 0 Å². The van der Waals surface area contributed by atoms with E-state index >= 15 is 0 Å². The maximum atomic E-state index is 12.0. The van der Waals surface area contributed by atoms with Crippen molar-refractivity contribution in [3.8, 4) is 0 Å². The molecule has 0 unspecified atom stereocenters. The summed E-state index contributed by atoms with van der Waals surface area (Å²) in [5.41, 5.74) is 0. The van der Waals surface area contributed by atoms with Gasteiger partial charge in [-0.15, -0.1) is 0 Å². The second kappa shape index (κ2) is 3.22. The monoisotopic (exact) mass is 181 g/mol. The van der Waals surface area contributed by atoms with Gasteiger partial charge >= 0.3 is 6.09 Å². The Bertz CT molecular complexity index is 188. The second-order valence-corrected chi connectivity index (χ2v) is 2.75. The van der Waals surface area contributed by atoms with Gasteiger partial charge in [0.15, 0.2) is 0 Å². The highest BCUT2D eigenvalue weighted by Gasteiger charge is 2.39. The van der Waals surface area contributed by atoms with Crippen LogP contribution in [0.25, 0.3) is 0 Å². The topological polar surface area (TPSA) is 60.8 Å². The van der Waals surface area contributed by atoms with Gasteiger partial charge in [-0.25, -0.2) is 13.6 Å². The van der Waals surface area contributed by atoms with Gasteiger partial charge in [0.1, 0.15) is 0 Å². The van der Waals surface area contributed by atoms with E-state index in [9.17, 15) is 13.6 Å². The van der Waals surface area contributed by atoms with E-state index in [1.165, 1.54) is 0 Å². The SMILES string of the molecule is O=C(O)N1C[C@H](C(F)F)[C@@H](O)C1. The van der Waals surface area contributed by atoms with E-state index in [0.29, 0.717) is 0 Å². The van der Waals surface area contributed by atoms with E-state index in [4.69, 9.17) is 10.2 Å². The molecule has 1 fully saturated rings. The standard InChI is InChI=1S/C6H9F2NO3/c7-5(8)3-1-9(6(11)12)2-4(3)10/h3-5,10H,1-2H2,(H,11,12)/t3-,4-/m0/s1. The average Bonchev–Trinajstić information content (AvgIpc) is 2.30. The van der Waals surface area contributed by atoms with Gasteiger partial charge < -0.3 is 15.1 Å². The third kappa shape index (κ3) is 1.63. The van der Waals surface area contributed by atoms with Crippen LogP contribution in [0.3, 0.4) is 0 Å². The molecule has 0 aliphatic carbocycles. The van der Waals surface area contributed by atoms with Gasteiger partial charge in [-0.05, 0) is 0 Å². The molecule has 0 radical (unpaired) electrons. The first-order valence-electron chi connectivity index (χ1n) is 3.46. The van der Waals surface area contributed by atoms with Crippen molar-refractivity contribution in [1.29, 1.82) is 0 Å². The smallest absolute Gasteiger partial charge is 0.407 e. The molecule has 0 saturated carbocycles. The highest BCUT2D eigenvalue weighted by atomic mass is 19.3. The third-order valence-corrected chi connectivity index (χ3v) is 1.93. The van der Waals surface area contributed by atoms with Crippen LogP contribution in [0.4, 0.5) is 13.6 Å². The summed E-state index contributed by atoms with van der Waals surface area (Å²) in [4.78, 5) is 11.1. The zero-order valence-electron chi connectivity index (χ0n) is 6.15. The van der Waals surface area contributed by atoms with E-state index in [-0.39, 0.29) is 13.1 Å². The van der Waals surface area contributed by atoms with Crippen molar-refractivity contribution in [2.45, 2.75) is 12.5 Å². The molecule has 0 aromatic carbocycles. The molecule has 70 valence electrons. The number of aliphatic hydroxyl groups is 1. The number of nitrogens with zero attached hydrogens (tertiary/aromatic N) is 1. The Kier molecular flexibility index (Phi) is 2.46. The van der Waals surface area contributed by atoms with Gasteiger partial charge in [0.2, 0.25) is 6.43 Å². The number of hydrogen-bond acceptors (Lipinski definition) is 2. The molecular formula is C6H9F2NO3. The Balaban J connectivity index is 2.56. The minimum Gasteiger partial charge on any atom is -0.465 e. The molecule has 2 N–H and O–H groups in total. The Morgan fingerprint density at radius 2 is 2.08 bits per heavy atom. The van der Waals surface area contributed by atoms with Crippen LogP contribution in [-0.2, 0) is 0 Å². The molecule has 4 nitrogen and oxygen atoms in total.